The standard InChI is InChI=1S/C15H12O4/c1-18-13-6-3-5-12(9-13)15(17)19-14-7-2-4-11(8-14)10-16/h2-10H,1H3. The van der Waals surface area contributed by atoms with Gasteiger partial charge in [-0.15, -0.1) is 0 Å². The van der Waals surface area contributed by atoms with Crippen molar-refractivity contribution in [2.75, 3.05) is 7.11 Å². The molecule has 4 nitrogen and oxygen atoms in total. The Bertz CT molecular complexity index is 605. The van der Waals surface area contributed by atoms with Gasteiger partial charge >= 0.3 is 5.97 Å². The minimum atomic E-state index is -0.498. The van der Waals surface area contributed by atoms with Gasteiger partial charge in [-0.3, -0.25) is 4.79 Å². The van der Waals surface area contributed by atoms with Crippen LogP contribution in [-0.4, -0.2) is 19.4 Å². The molecular weight excluding hydrogens is 244 g/mol. The Morgan fingerprint density at radius 3 is 2.53 bits per heavy atom. The highest BCUT2D eigenvalue weighted by Gasteiger charge is 2.09. The van der Waals surface area contributed by atoms with Crippen LogP contribution >= 0.6 is 0 Å². The van der Waals surface area contributed by atoms with Crippen molar-refractivity contribution in [2.45, 2.75) is 0 Å². The first-order valence-electron chi connectivity index (χ1n) is 5.64. The predicted octanol–water partition coefficient (Wildman–Crippen LogP) is 2.73. The van der Waals surface area contributed by atoms with Gasteiger partial charge in [0.05, 0.1) is 12.7 Å². The Morgan fingerprint density at radius 2 is 1.79 bits per heavy atom. The topological polar surface area (TPSA) is 52.6 Å². The van der Waals surface area contributed by atoms with Crippen LogP contribution in [0.15, 0.2) is 48.5 Å². The molecule has 96 valence electrons. The van der Waals surface area contributed by atoms with Gasteiger partial charge in [-0.05, 0) is 30.3 Å². The molecule has 0 heterocycles. The zero-order valence-corrected chi connectivity index (χ0v) is 10.3. The second-order valence-electron chi connectivity index (χ2n) is 3.81. The molecule has 0 aromatic heterocycles. The summed E-state index contributed by atoms with van der Waals surface area (Å²) in [5.74, 6) is 0.412. The second kappa shape index (κ2) is 5.82. The summed E-state index contributed by atoms with van der Waals surface area (Å²) in [5, 5.41) is 0. The van der Waals surface area contributed by atoms with Gasteiger partial charge in [0.25, 0.3) is 0 Å². The zero-order valence-electron chi connectivity index (χ0n) is 10.3. The lowest BCUT2D eigenvalue weighted by Gasteiger charge is -2.06. The Hall–Kier alpha value is -2.62. The van der Waals surface area contributed by atoms with Gasteiger partial charge in [0.15, 0.2) is 0 Å². The fraction of sp³-hybridized carbons (Fsp3) is 0.0667. The van der Waals surface area contributed by atoms with Crippen molar-refractivity contribution in [3.63, 3.8) is 0 Å². The molecule has 0 unspecified atom stereocenters. The van der Waals surface area contributed by atoms with E-state index < -0.39 is 5.97 Å². The average molecular weight is 256 g/mol. The quantitative estimate of drug-likeness (QED) is 0.479. The molecule has 0 aliphatic carbocycles. The SMILES string of the molecule is COc1cccc(C(=O)Oc2cccc(C=O)c2)c1. The van der Waals surface area contributed by atoms with E-state index in [0.717, 1.165) is 0 Å². The summed E-state index contributed by atoms with van der Waals surface area (Å²) in [6.07, 6.45) is 0.697. The number of benzene rings is 2. The number of carbonyl (C=O) groups excluding carboxylic acids is 2. The summed E-state index contributed by atoms with van der Waals surface area (Å²) in [7, 11) is 1.53. The van der Waals surface area contributed by atoms with E-state index >= 15 is 0 Å². The number of methoxy groups -OCH3 is 1. The van der Waals surface area contributed by atoms with Crippen molar-refractivity contribution in [2.24, 2.45) is 0 Å². The van der Waals surface area contributed by atoms with Crippen LogP contribution in [0, 0.1) is 0 Å². The lowest BCUT2D eigenvalue weighted by atomic mass is 10.2. The fourth-order valence-corrected chi connectivity index (χ4v) is 1.57. The molecule has 2 rings (SSSR count). The van der Waals surface area contributed by atoms with Gasteiger partial charge in [-0.2, -0.15) is 0 Å². The molecule has 0 saturated heterocycles. The highest BCUT2D eigenvalue weighted by atomic mass is 16.5. The molecule has 0 fully saturated rings. The van der Waals surface area contributed by atoms with Crippen molar-refractivity contribution in [1.29, 1.82) is 0 Å². The minimum absolute atomic E-state index is 0.331. The van der Waals surface area contributed by atoms with E-state index in [1.807, 2.05) is 0 Å². The number of hydrogen-bond acceptors (Lipinski definition) is 4. The van der Waals surface area contributed by atoms with Crippen LogP contribution < -0.4 is 9.47 Å². The maximum atomic E-state index is 11.9. The van der Waals surface area contributed by atoms with Crippen molar-refractivity contribution in [1.82, 2.24) is 0 Å². The van der Waals surface area contributed by atoms with E-state index in [0.29, 0.717) is 28.9 Å². The summed E-state index contributed by atoms with van der Waals surface area (Å²) in [4.78, 5) is 22.6. The average Bonchev–Trinajstić information content (AvgIpc) is 2.47. The molecule has 19 heavy (non-hydrogen) atoms. The van der Waals surface area contributed by atoms with Crippen LogP contribution in [0.1, 0.15) is 20.7 Å². The first-order valence-corrected chi connectivity index (χ1v) is 5.64. The molecule has 2 aromatic rings. The maximum absolute atomic E-state index is 11.9. The molecular formula is C15H12O4. The van der Waals surface area contributed by atoms with Gasteiger partial charge in [0.1, 0.15) is 17.8 Å². The van der Waals surface area contributed by atoms with E-state index in [2.05, 4.69) is 0 Å². The monoisotopic (exact) mass is 256 g/mol. The molecule has 0 bridgehead atoms. The lowest BCUT2D eigenvalue weighted by molar-refractivity contribution is 0.0733. The number of rotatable bonds is 4. The molecule has 0 N–H and O–H groups in total. The molecule has 0 aliphatic rings. The van der Waals surface area contributed by atoms with Gasteiger partial charge in [-0.1, -0.05) is 18.2 Å². The van der Waals surface area contributed by atoms with Crippen molar-refractivity contribution in [3.05, 3.63) is 59.7 Å². The summed E-state index contributed by atoms with van der Waals surface area (Å²) in [6.45, 7) is 0. The van der Waals surface area contributed by atoms with E-state index in [-0.39, 0.29) is 0 Å². The number of esters is 1. The molecule has 0 atom stereocenters. The Kier molecular flexibility index (Phi) is 3.93. The Morgan fingerprint density at radius 1 is 1.05 bits per heavy atom. The van der Waals surface area contributed by atoms with Crippen molar-refractivity contribution in [3.8, 4) is 11.5 Å². The maximum Gasteiger partial charge on any atom is 0.343 e. The number of hydrogen-bond donors (Lipinski definition) is 0. The van der Waals surface area contributed by atoms with E-state index in [4.69, 9.17) is 9.47 Å². The number of ether oxygens (including phenoxy) is 2. The molecule has 0 aliphatic heterocycles. The molecule has 0 radical (unpaired) electrons. The smallest absolute Gasteiger partial charge is 0.343 e. The van der Waals surface area contributed by atoms with Crippen LogP contribution in [0.5, 0.6) is 11.5 Å². The summed E-state index contributed by atoms with van der Waals surface area (Å²) in [6, 6.07) is 13.1. The summed E-state index contributed by atoms with van der Waals surface area (Å²) in [5.41, 5.74) is 0.840. The van der Waals surface area contributed by atoms with Crippen molar-refractivity contribution >= 4 is 12.3 Å². The van der Waals surface area contributed by atoms with Crippen LogP contribution in [-0.2, 0) is 0 Å². The first kappa shape index (κ1) is 12.8. The third kappa shape index (κ3) is 3.19. The molecule has 0 spiro atoms. The summed E-state index contributed by atoms with van der Waals surface area (Å²) < 4.78 is 10.2. The molecule has 0 saturated carbocycles. The number of aldehydes is 1. The fourth-order valence-electron chi connectivity index (χ4n) is 1.57. The molecule has 2 aromatic carbocycles. The largest absolute Gasteiger partial charge is 0.497 e. The van der Waals surface area contributed by atoms with E-state index in [1.165, 1.54) is 13.2 Å². The second-order valence-corrected chi connectivity index (χ2v) is 3.81. The van der Waals surface area contributed by atoms with Crippen LogP contribution in [0.4, 0.5) is 0 Å². The van der Waals surface area contributed by atoms with Crippen molar-refractivity contribution < 1.29 is 19.1 Å². The number of carbonyl (C=O) groups is 2. The van der Waals surface area contributed by atoms with Gasteiger partial charge in [0, 0.05) is 5.56 Å². The van der Waals surface area contributed by atoms with Crippen LogP contribution in [0.25, 0.3) is 0 Å². The third-order valence-corrected chi connectivity index (χ3v) is 2.51. The van der Waals surface area contributed by atoms with E-state index in [9.17, 15) is 9.59 Å². The predicted molar refractivity (Wildman–Crippen MR) is 69.8 cm³/mol. The zero-order chi connectivity index (χ0) is 13.7. The lowest BCUT2D eigenvalue weighted by Crippen LogP contribution is -2.08. The Labute approximate surface area is 110 Å². The normalized spacial score (nSPS) is 9.74. The van der Waals surface area contributed by atoms with E-state index in [1.54, 1.807) is 42.5 Å². The van der Waals surface area contributed by atoms with Gasteiger partial charge < -0.3 is 9.47 Å². The van der Waals surface area contributed by atoms with Crippen LogP contribution in [0.3, 0.4) is 0 Å². The highest BCUT2D eigenvalue weighted by Crippen LogP contribution is 2.17. The molecule has 4 heteroatoms. The summed E-state index contributed by atoms with van der Waals surface area (Å²) >= 11 is 0. The van der Waals surface area contributed by atoms with Gasteiger partial charge in [0.2, 0.25) is 0 Å². The molecule has 0 amide bonds. The Balaban J connectivity index is 2.17. The van der Waals surface area contributed by atoms with Crippen LogP contribution in [0.2, 0.25) is 0 Å². The minimum Gasteiger partial charge on any atom is -0.497 e. The highest BCUT2D eigenvalue weighted by molar-refractivity contribution is 5.91. The first-order chi connectivity index (χ1) is 9.22. The van der Waals surface area contributed by atoms with Gasteiger partial charge in [-0.25, -0.2) is 4.79 Å². The third-order valence-electron chi connectivity index (χ3n) is 2.51.